The second-order valence-corrected chi connectivity index (χ2v) is 4.87. The predicted octanol–water partition coefficient (Wildman–Crippen LogP) is 3.08. The Morgan fingerprint density at radius 3 is 2.00 bits per heavy atom. The van der Waals surface area contributed by atoms with Crippen molar-refractivity contribution in [2.45, 2.75) is 40.0 Å². The maximum absolute atomic E-state index is 2.43. The molecular weight excluding hydrogens is 120 g/mol. The average Bonchev–Trinajstić information content (AvgIpc) is 2.16. The second-order valence-electron chi connectivity index (χ2n) is 4.87. The Bertz CT molecular complexity index is 140. The van der Waals surface area contributed by atoms with Crippen molar-refractivity contribution >= 4 is 0 Å². The van der Waals surface area contributed by atoms with Crippen LogP contribution < -0.4 is 0 Å². The van der Waals surface area contributed by atoms with Gasteiger partial charge in [-0.1, -0.05) is 20.8 Å². The van der Waals surface area contributed by atoms with Crippen LogP contribution in [-0.4, -0.2) is 0 Å². The van der Waals surface area contributed by atoms with Gasteiger partial charge in [-0.25, -0.2) is 0 Å². The summed E-state index contributed by atoms with van der Waals surface area (Å²) >= 11 is 0. The van der Waals surface area contributed by atoms with Crippen LogP contribution in [0.25, 0.3) is 0 Å². The Balaban J connectivity index is 2.11. The predicted molar refractivity (Wildman–Crippen MR) is 43.8 cm³/mol. The summed E-state index contributed by atoms with van der Waals surface area (Å²) in [4.78, 5) is 0. The molecule has 3 fully saturated rings. The van der Waals surface area contributed by atoms with Crippen LogP contribution in [0, 0.1) is 23.2 Å². The molecule has 2 bridgehead atoms. The zero-order chi connectivity index (χ0) is 7.35. The van der Waals surface area contributed by atoms with E-state index in [1.54, 1.807) is 12.8 Å². The van der Waals surface area contributed by atoms with E-state index in [4.69, 9.17) is 0 Å². The van der Waals surface area contributed by atoms with E-state index < -0.39 is 0 Å². The molecule has 0 saturated heterocycles. The lowest BCUT2D eigenvalue weighted by molar-refractivity contribution is 0.0799. The largest absolute Gasteiger partial charge is 0.0622 e. The minimum atomic E-state index is 0.810. The van der Waals surface area contributed by atoms with Crippen molar-refractivity contribution in [3.05, 3.63) is 0 Å². The summed E-state index contributed by atoms with van der Waals surface area (Å²) in [5.41, 5.74) is 0.810. The molecule has 0 aromatic carbocycles. The molecule has 3 rings (SSSR count). The highest BCUT2D eigenvalue weighted by atomic mass is 14.6. The fourth-order valence-electron chi connectivity index (χ4n) is 3.07. The molecule has 1 unspecified atom stereocenters. The van der Waals surface area contributed by atoms with Crippen molar-refractivity contribution in [1.82, 2.24) is 0 Å². The summed E-state index contributed by atoms with van der Waals surface area (Å²) in [6.07, 6.45) is 4.62. The summed E-state index contributed by atoms with van der Waals surface area (Å²) in [5, 5.41) is 0. The molecule has 58 valence electrons. The Kier molecular flexibility index (Phi) is 1.19. The molecule has 1 atom stereocenters. The maximum Gasteiger partial charge on any atom is -0.0266 e. The van der Waals surface area contributed by atoms with E-state index in [1.807, 2.05) is 0 Å². The van der Waals surface area contributed by atoms with Crippen LogP contribution in [0.5, 0.6) is 0 Å². The van der Waals surface area contributed by atoms with Gasteiger partial charge in [-0.2, -0.15) is 0 Å². The molecule has 0 N–H and O–H groups in total. The molecule has 0 spiro atoms. The molecule has 0 amide bonds. The van der Waals surface area contributed by atoms with Gasteiger partial charge in [-0.3, -0.25) is 0 Å². The first kappa shape index (κ1) is 6.69. The molecule has 0 aromatic heterocycles. The normalized spacial score (nSPS) is 51.6. The monoisotopic (exact) mass is 138 g/mol. The lowest BCUT2D eigenvalue weighted by Crippen LogP contribution is -2.32. The zero-order valence-electron chi connectivity index (χ0n) is 7.35. The van der Waals surface area contributed by atoms with Gasteiger partial charge in [-0.05, 0) is 42.4 Å². The van der Waals surface area contributed by atoms with Crippen molar-refractivity contribution in [3.8, 4) is 0 Å². The number of hydrogen-bond donors (Lipinski definition) is 0. The van der Waals surface area contributed by atoms with E-state index >= 15 is 0 Å². The first-order chi connectivity index (χ1) is 4.64. The molecule has 3 aliphatic rings. The van der Waals surface area contributed by atoms with Gasteiger partial charge in [0.25, 0.3) is 0 Å². The third-order valence-corrected chi connectivity index (χ3v) is 4.10. The Hall–Kier alpha value is 0. The second kappa shape index (κ2) is 1.78. The molecular formula is C10H18. The van der Waals surface area contributed by atoms with Gasteiger partial charge < -0.3 is 0 Å². The van der Waals surface area contributed by atoms with E-state index in [-0.39, 0.29) is 0 Å². The van der Waals surface area contributed by atoms with Gasteiger partial charge in [0.1, 0.15) is 0 Å². The van der Waals surface area contributed by atoms with Crippen LogP contribution >= 0.6 is 0 Å². The summed E-state index contributed by atoms with van der Waals surface area (Å²) in [5.74, 6) is 3.10. The van der Waals surface area contributed by atoms with E-state index in [1.165, 1.54) is 6.42 Å². The SMILES string of the molecule is CC1CC2(C(C)C)CC1C2. The number of fused-ring (bicyclic) bond motifs is 1. The quantitative estimate of drug-likeness (QED) is 0.522. The zero-order valence-corrected chi connectivity index (χ0v) is 7.35. The minimum Gasteiger partial charge on any atom is -0.0622 e. The highest BCUT2D eigenvalue weighted by Gasteiger charge is 2.55. The van der Waals surface area contributed by atoms with Gasteiger partial charge in [0.15, 0.2) is 0 Å². The molecule has 0 nitrogen and oxygen atoms in total. The smallest absolute Gasteiger partial charge is 0.0266 e. The minimum absolute atomic E-state index is 0.810. The van der Waals surface area contributed by atoms with Crippen molar-refractivity contribution in [3.63, 3.8) is 0 Å². The highest BCUT2D eigenvalue weighted by molar-refractivity contribution is 5.05. The standard InChI is InChI=1S/C10H18/c1-7(2)10-4-8(3)9(5-10)6-10/h7-9H,4-6H2,1-3H3. The topological polar surface area (TPSA) is 0 Å². The van der Waals surface area contributed by atoms with E-state index in [0.717, 1.165) is 23.2 Å². The molecule has 3 aliphatic carbocycles. The Labute approximate surface area is 64.0 Å². The molecule has 3 saturated carbocycles. The van der Waals surface area contributed by atoms with Crippen LogP contribution in [0.3, 0.4) is 0 Å². The third-order valence-electron chi connectivity index (χ3n) is 4.10. The van der Waals surface area contributed by atoms with E-state index in [0.29, 0.717) is 0 Å². The summed E-state index contributed by atoms with van der Waals surface area (Å²) in [6, 6.07) is 0. The molecule has 0 radical (unpaired) electrons. The first-order valence-electron chi connectivity index (χ1n) is 4.64. The summed E-state index contributed by atoms with van der Waals surface area (Å²) in [6.45, 7) is 7.23. The Morgan fingerprint density at radius 1 is 1.20 bits per heavy atom. The number of rotatable bonds is 1. The van der Waals surface area contributed by atoms with Gasteiger partial charge in [0.2, 0.25) is 0 Å². The van der Waals surface area contributed by atoms with Gasteiger partial charge in [0, 0.05) is 0 Å². The first-order valence-corrected chi connectivity index (χ1v) is 4.64. The van der Waals surface area contributed by atoms with Crippen LogP contribution in [-0.2, 0) is 0 Å². The molecule has 0 heteroatoms. The summed E-state index contributed by atoms with van der Waals surface area (Å²) < 4.78 is 0. The van der Waals surface area contributed by atoms with E-state index in [9.17, 15) is 0 Å². The maximum atomic E-state index is 2.43. The van der Waals surface area contributed by atoms with Gasteiger partial charge in [-0.15, -0.1) is 0 Å². The van der Waals surface area contributed by atoms with Crippen LogP contribution in [0.2, 0.25) is 0 Å². The summed E-state index contributed by atoms with van der Waals surface area (Å²) in [7, 11) is 0. The van der Waals surface area contributed by atoms with Crippen molar-refractivity contribution in [1.29, 1.82) is 0 Å². The lowest BCUT2D eigenvalue weighted by atomic mass is 9.63. The van der Waals surface area contributed by atoms with Crippen LogP contribution in [0.4, 0.5) is 0 Å². The van der Waals surface area contributed by atoms with Crippen molar-refractivity contribution in [2.75, 3.05) is 0 Å². The molecule has 0 heterocycles. The molecule has 10 heavy (non-hydrogen) atoms. The van der Waals surface area contributed by atoms with Gasteiger partial charge in [0.05, 0.1) is 0 Å². The third kappa shape index (κ3) is 0.627. The Morgan fingerprint density at radius 2 is 1.80 bits per heavy atom. The number of hydrogen-bond acceptors (Lipinski definition) is 0. The van der Waals surface area contributed by atoms with E-state index in [2.05, 4.69) is 20.8 Å². The van der Waals surface area contributed by atoms with Crippen molar-refractivity contribution in [2.24, 2.45) is 23.2 Å². The van der Waals surface area contributed by atoms with Crippen molar-refractivity contribution < 1.29 is 0 Å². The fourth-order valence-corrected chi connectivity index (χ4v) is 3.07. The highest BCUT2D eigenvalue weighted by Crippen LogP contribution is 2.64. The van der Waals surface area contributed by atoms with Crippen LogP contribution in [0.1, 0.15) is 40.0 Å². The molecule has 0 aromatic rings. The average molecular weight is 138 g/mol. The molecule has 0 aliphatic heterocycles. The fraction of sp³-hybridized carbons (Fsp3) is 1.00. The van der Waals surface area contributed by atoms with Gasteiger partial charge >= 0.3 is 0 Å². The lowest BCUT2D eigenvalue weighted by Gasteiger charge is -2.42. The van der Waals surface area contributed by atoms with Crippen LogP contribution in [0.15, 0.2) is 0 Å².